The Morgan fingerprint density at radius 2 is 1.11 bits per heavy atom. The molecule has 0 aliphatic heterocycles. The predicted octanol–water partition coefficient (Wildman–Crippen LogP) is 13.4. The minimum Gasteiger partial charge on any atom is -0.486 e. The maximum atomic E-state index is 11.5. The lowest BCUT2D eigenvalue weighted by Gasteiger charge is -2.27. The molecule has 2 aromatic heterocycles. The molecule has 0 fully saturated rings. The number of aryl methyl sites for hydroxylation is 2. The van der Waals surface area contributed by atoms with Crippen LogP contribution in [0, 0.1) is 31.8 Å². The summed E-state index contributed by atoms with van der Waals surface area (Å²) < 4.78 is 0. The average Bonchev–Trinajstić information content (AvgIpc) is 3.95. The number of rotatable bonds is 13. The highest BCUT2D eigenvalue weighted by atomic mass is 32.1. The summed E-state index contributed by atoms with van der Waals surface area (Å²) in [5, 5.41) is 28.1. The lowest BCUT2D eigenvalue weighted by atomic mass is 10.0. The monoisotopic (exact) mass is 831 g/mol. The van der Waals surface area contributed by atoms with E-state index >= 15 is 0 Å². The Morgan fingerprint density at radius 1 is 0.623 bits per heavy atom. The van der Waals surface area contributed by atoms with Gasteiger partial charge in [0.1, 0.15) is 11.6 Å². The fourth-order valence-corrected chi connectivity index (χ4v) is 8.77. The van der Waals surface area contributed by atoms with Gasteiger partial charge in [-0.05, 0) is 132 Å². The fraction of sp³-hybridized carbons (Fsp3) is 0.0385. The van der Waals surface area contributed by atoms with E-state index in [-0.39, 0.29) is 11.3 Å². The van der Waals surface area contributed by atoms with Crippen molar-refractivity contribution in [3.63, 3.8) is 0 Å². The van der Waals surface area contributed by atoms with Crippen molar-refractivity contribution in [1.82, 2.24) is 0 Å². The summed E-state index contributed by atoms with van der Waals surface area (Å²) in [5.41, 5.74) is 10.6. The number of thiophene rings is 2. The second kappa shape index (κ2) is 18.8. The van der Waals surface area contributed by atoms with Crippen LogP contribution in [0.25, 0.3) is 40.3 Å². The van der Waals surface area contributed by atoms with E-state index < -0.39 is 11.9 Å². The molecule has 7 aromatic rings. The molecule has 0 aliphatic carbocycles. The molecule has 0 amide bonds. The minimum atomic E-state index is -1.26. The Kier molecular flexibility index (Phi) is 12.8. The first kappa shape index (κ1) is 41.3. The number of carboxylic acid groups (broad SMARTS) is 2. The molecule has 0 spiro atoms. The first-order valence-corrected chi connectivity index (χ1v) is 20.7. The minimum absolute atomic E-state index is 0.316. The van der Waals surface area contributed by atoms with Crippen LogP contribution in [0.1, 0.15) is 52.9 Å². The zero-order chi connectivity index (χ0) is 42.9. The van der Waals surface area contributed by atoms with Crippen molar-refractivity contribution >= 4 is 87.1 Å². The Labute approximate surface area is 362 Å². The van der Waals surface area contributed by atoms with E-state index in [1.807, 2.05) is 84.9 Å². The molecule has 2 heterocycles. The van der Waals surface area contributed by atoms with Crippen molar-refractivity contribution in [2.24, 2.45) is 0 Å². The number of carboxylic acids is 2. The van der Waals surface area contributed by atoms with Gasteiger partial charge in [-0.15, -0.1) is 22.7 Å². The van der Waals surface area contributed by atoms with E-state index in [4.69, 9.17) is 6.57 Å². The van der Waals surface area contributed by atoms with Gasteiger partial charge in [-0.1, -0.05) is 103 Å². The van der Waals surface area contributed by atoms with Crippen LogP contribution >= 0.6 is 22.7 Å². The predicted molar refractivity (Wildman–Crippen MR) is 250 cm³/mol. The first-order valence-electron chi connectivity index (χ1n) is 19.1. The fourth-order valence-electron chi connectivity index (χ4n) is 6.80. The van der Waals surface area contributed by atoms with Crippen molar-refractivity contribution in [1.29, 1.82) is 5.26 Å². The van der Waals surface area contributed by atoms with Gasteiger partial charge in [0.2, 0.25) is 0 Å². The van der Waals surface area contributed by atoms with E-state index in [1.165, 1.54) is 40.4 Å². The number of anilines is 3. The molecular weight excluding hydrogens is 795 g/mol. The van der Waals surface area contributed by atoms with Crippen molar-refractivity contribution < 1.29 is 19.8 Å². The highest BCUT2D eigenvalue weighted by Crippen LogP contribution is 2.39. The molecule has 5 aromatic carbocycles. The zero-order valence-electron chi connectivity index (χ0n) is 33.1. The number of hydrogen-bond acceptors (Lipinski definition) is 6. The van der Waals surface area contributed by atoms with Crippen molar-refractivity contribution in [3.8, 4) is 6.07 Å². The van der Waals surface area contributed by atoms with Gasteiger partial charge in [0.25, 0.3) is 5.70 Å². The molecule has 0 saturated heterocycles. The molecule has 0 unspecified atom stereocenters. The SMILES string of the molecule is [C-]#[N+]/C(=C\c1ccc(/C(=C/c2ccc(N(c3ccc(/C=C(\c4ccccc4)c4ccc(/C=C(\C#N)C(=O)O)s4)cc3)c3ccc(C)cc3C)cc2)c2ccccc2)s1)C(=O)O. The van der Waals surface area contributed by atoms with Crippen LogP contribution in [0.3, 0.4) is 0 Å². The molecule has 7 nitrogen and oxygen atoms in total. The number of aliphatic carboxylic acids is 2. The second-order valence-electron chi connectivity index (χ2n) is 14.0. The number of nitriles is 1. The zero-order valence-corrected chi connectivity index (χ0v) is 34.7. The van der Waals surface area contributed by atoms with Crippen molar-refractivity contribution in [3.05, 3.63) is 227 Å². The molecule has 0 atom stereocenters. The third-order valence-electron chi connectivity index (χ3n) is 9.73. The molecule has 296 valence electrons. The number of nitrogens with zero attached hydrogens (tertiary/aromatic N) is 3. The Morgan fingerprint density at radius 3 is 1.54 bits per heavy atom. The third-order valence-corrected chi connectivity index (χ3v) is 11.9. The molecule has 0 saturated carbocycles. The summed E-state index contributed by atoms with van der Waals surface area (Å²) in [6, 6.07) is 52.6. The normalized spacial score (nSPS) is 12.1. The number of carbonyl (C=O) groups is 2. The van der Waals surface area contributed by atoms with Crippen molar-refractivity contribution in [2.45, 2.75) is 13.8 Å². The first-order chi connectivity index (χ1) is 29.6. The molecule has 2 N–H and O–H groups in total. The van der Waals surface area contributed by atoms with Gasteiger partial charge in [0.05, 0.1) is 6.57 Å². The van der Waals surface area contributed by atoms with Gasteiger partial charge < -0.3 is 15.1 Å². The van der Waals surface area contributed by atoms with E-state index in [0.717, 1.165) is 65.8 Å². The summed E-state index contributed by atoms with van der Waals surface area (Å²) in [5.74, 6) is -2.51. The molecule has 9 heteroatoms. The van der Waals surface area contributed by atoms with E-state index in [0.29, 0.717) is 9.75 Å². The lowest BCUT2D eigenvalue weighted by molar-refractivity contribution is -0.133. The van der Waals surface area contributed by atoms with E-state index in [2.05, 4.69) is 102 Å². The largest absolute Gasteiger partial charge is 0.486 e. The highest BCUT2D eigenvalue weighted by Gasteiger charge is 2.17. The number of hydrogen-bond donors (Lipinski definition) is 2. The summed E-state index contributed by atoms with van der Waals surface area (Å²) in [4.78, 5) is 31.7. The molecule has 7 rings (SSSR count). The lowest BCUT2D eigenvalue weighted by Crippen LogP contribution is -2.11. The molecule has 0 aliphatic rings. The average molecular weight is 832 g/mol. The van der Waals surface area contributed by atoms with Crippen LogP contribution in [0.2, 0.25) is 0 Å². The van der Waals surface area contributed by atoms with E-state index in [9.17, 15) is 25.1 Å². The van der Waals surface area contributed by atoms with Crippen molar-refractivity contribution in [2.75, 3.05) is 4.90 Å². The van der Waals surface area contributed by atoms with E-state index in [1.54, 1.807) is 6.07 Å². The summed E-state index contributed by atoms with van der Waals surface area (Å²) in [6.45, 7) is 11.5. The molecular formula is C52H37N3O4S2. The molecule has 61 heavy (non-hydrogen) atoms. The van der Waals surface area contributed by atoms with Gasteiger partial charge in [-0.3, -0.25) is 4.79 Å². The van der Waals surface area contributed by atoms with Crippen LogP contribution < -0.4 is 4.90 Å². The summed E-state index contributed by atoms with van der Waals surface area (Å²) in [7, 11) is 0. The maximum absolute atomic E-state index is 11.5. The maximum Gasteiger partial charge on any atom is 0.346 e. The standard InChI is InChI=1S/C52H37N3O4S2/c1-34-14-25-48(35(2)28-34)55(41-19-15-36(16-20-41)29-45(38-10-6-4-7-11-38)49-26-23-43(60-49)31-40(33-53)51(56)57)42-21-17-37(18-22-42)30-46(39-12-8-5-9-13-39)50-27-24-44(61-50)32-47(54-3)52(58)59/h4-32H,1-2H3,(H,56,57)(H,58,59)/b40-31+,45-29+,46-30+,47-32-. The summed E-state index contributed by atoms with van der Waals surface area (Å²) >= 11 is 2.86. The Hall–Kier alpha value is -7.82. The van der Waals surface area contributed by atoms with Crippen LogP contribution in [0.5, 0.6) is 0 Å². The van der Waals surface area contributed by atoms with Crippen LogP contribution in [-0.4, -0.2) is 22.2 Å². The van der Waals surface area contributed by atoms with Crippen LogP contribution in [0.15, 0.2) is 163 Å². The van der Waals surface area contributed by atoms with Gasteiger partial charge in [0, 0.05) is 36.6 Å². The van der Waals surface area contributed by atoms with Crippen LogP contribution in [-0.2, 0) is 9.59 Å². The van der Waals surface area contributed by atoms with Crippen LogP contribution in [0.4, 0.5) is 17.1 Å². The summed E-state index contributed by atoms with van der Waals surface area (Å²) in [6.07, 6.45) is 7.05. The second-order valence-corrected chi connectivity index (χ2v) is 16.2. The van der Waals surface area contributed by atoms with Gasteiger partial charge in [-0.2, -0.15) is 5.26 Å². The molecule has 0 radical (unpaired) electrons. The third kappa shape index (κ3) is 9.90. The topological polar surface area (TPSA) is 106 Å². The van der Waals surface area contributed by atoms with Gasteiger partial charge in [0.15, 0.2) is 0 Å². The molecule has 0 bridgehead atoms. The smallest absolute Gasteiger partial charge is 0.346 e. The Balaban J connectivity index is 1.25. The number of benzene rings is 5. The quantitative estimate of drug-likeness (QED) is 0.0519. The highest BCUT2D eigenvalue weighted by molar-refractivity contribution is 7.14. The van der Waals surface area contributed by atoms with Gasteiger partial charge >= 0.3 is 11.9 Å². The van der Waals surface area contributed by atoms with Gasteiger partial charge in [-0.25, -0.2) is 9.64 Å². The Bertz CT molecular complexity index is 2760.